The van der Waals surface area contributed by atoms with Gasteiger partial charge in [-0.25, -0.2) is 0 Å². The highest BCUT2D eigenvalue weighted by molar-refractivity contribution is 7.99. The summed E-state index contributed by atoms with van der Waals surface area (Å²) in [5.74, 6) is 1.88. The highest BCUT2D eigenvalue weighted by Gasteiger charge is 1.99. The van der Waals surface area contributed by atoms with E-state index >= 15 is 0 Å². The van der Waals surface area contributed by atoms with Crippen molar-refractivity contribution < 1.29 is 0 Å². The summed E-state index contributed by atoms with van der Waals surface area (Å²) in [6.45, 7) is 6.49. The molecule has 0 saturated heterocycles. The number of benzene rings is 1. The minimum Gasteiger partial charge on any atom is -0.398 e. The summed E-state index contributed by atoms with van der Waals surface area (Å²) in [7, 11) is 0. The van der Waals surface area contributed by atoms with Gasteiger partial charge in [-0.05, 0) is 30.5 Å². The number of thioether (sulfide) groups is 1. The number of nitrogen functional groups attached to an aromatic ring is 1. The van der Waals surface area contributed by atoms with Crippen LogP contribution < -0.4 is 5.73 Å². The Labute approximate surface area is 84.7 Å². The second-order valence-electron chi connectivity index (χ2n) is 3.72. The largest absolute Gasteiger partial charge is 0.398 e. The molecule has 1 rings (SSSR count). The Morgan fingerprint density at radius 2 is 2.08 bits per heavy atom. The fourth-order valence-electron chi connectivity index (χ4n) is 0.971. The van der Waals surface area contributed by atoms with E-state index in [1.54, 1.807) is 0 Å². The first-order valence-electron chi connectivity index (χ1n) is 4.58. The topological polar surface area (TPSA) is 26.0 Å². The molecule has 1 aromatic carbocycles. The molecule has 13 heavy (non-hydrogen) atoms. The van der Waals surface area contributed by atoms with Gasteiger partial charge in [0.1, 0.15) is 0 Å². The van der Waals surface area contributed by atoms with Crippen molar-refractivity contribution in [1.82, 2.24) is 0 Å². The van der Waals surface area contributed by atoms with Gasteiger partial charge < -0.3 is 5.73 Å². The van der Waals surface area contributed by atoms with Crippen LogP contribution in [0.5, 0.6) is 0 Å². The first-order valence-corrected chi connectivity index (χ1v) is 5.57. The molecule has 72 valence electrons. The molecule has 0 amide bonds. The number of rotatable bonds is 3. The predicted molar refractivity (Wildman–Crippen MR) is 61.2 cm³/mol. The minimum atomic E-state index is 0.729. The van der Waals surface area contributed by atoms with Crippen LogP contribution in [0.25, 0.3) is 0 Å². The van der Waals surface area contributed by atoms with Crippen LogP contribution in [0, 0.1) is 12.8 Å². The third-order valence-corrected chi connectivity index (χ3v) is 3.25. The third kappa shape index (κ3) is 3.31. The van der Waals surface area contributed by atoms with Crippen LogP contribution in [0.2, 0.25) is 0 Å². The molecule has 0 unspecified atom stereocenters. The molecule has 0 spiro atoms. The first kappa shape index (κ1) is 10.5. The lowest BCUT2D eigenvalue weighted by Crippen LogP contribution is -1.92. The summed E-state index contributed by atoms with van der Waals surface area (Å²) in [5.41, 5.74) is 7.87. The molecule has 1 nitrogen and oxygen atoms in total. The lowest BCUT2D eigenvalue weighted by atomic mass is 10.2. The van der Waals surface area contributed by atoms with E-state index in [-0.39, 0.29) is 0 Å². The second kappa shape index (κ2) is 4.56. The second-order valence-corrected chi connectivity index (χ2v) is 4.82. The zero-order chi connectivity index (χ0) is 9.84. The Hall–Kier alpha value is -0.630. The van der Waals surface area contributed by atoms with E-state index < -0.39 is 0 Å². The molecule has 0 atom stereocenters. The summed E-state index contributed by atoms with van der Waals surface area (Å²) in [5, 5.41) is 0. The van der Waals surface area contributed by atoms with Crippen molar-refractivity contribution in [3.8, 4) is 0 Å². The van der Waals surface area contributed by atoms with Crippen molar-refractivity contribution in [2.75, 3.05) is 11.5 Å². The van der Waals surface area contributed by atoms with Crippen molar-refractivity contribution in [2.24, 2.45) is 5.92 Å². The number of aryl methyl sites for hydroxylation is 1. The van der Waals surface area contributed by atoms with Crippen LogP contribution in [0.15, 0.2) is 23.1 Å². The van der Waals surface area contributed by atoms with E-state index in [9.17, 15) is 0 Å². The van der Waals surface area contributed by atoms with Crippen LogP contribution in [0.3, 0.4) is 0 Å². The molecular weight excluding hydrogens is 178 g/mol. The Balaban J connectivity index is 2.63. The normalized spacial score (nSPS) is 10.8. The molecule has 2 N–H and O–H groups in total. The van der Waals surface area contributed by atoms with Gasteiger partial charge in [-0.1, -0.05) is 19.9 Å². The monoisotopic (exact) mass is 195 g/mol. The number of hydrogen-bond acceptors (Lipinski definition) is 2. The first-order chi connectivity index (χ1) is 6.09. The Morgan fingerprint density at radius 1 is 1.38 bits per heavy atom. The van der Waals surface area contributed by atoms with E-state index in [0.717, 1.165) is 22.9 Å². The maximum Gasteiger partial charge on any atom is 0.0354 e. The minimum absolute atomic E-state index is 0.729. The van der Waals surface area contributed by atoms with E-state index in [1.807, 2.05) is 18.7 Å². The van der Waals surface area contributed by atoms with Crippen LogP contribution >= 0.6 is 11.8 Å². The maximum absolute atomic E-state index is 5.81. The molecule has 2 heteroatoms. The van der Waals surface area contributed by atoms with Gasteiger partial charge >= 0.3 is 0 Å². The SMILES string of the molecule is Cc1ccc(SCC(C)C)cc1N. The molecule has 0 fully saturated rings. The summed E-state index contributed by atoms with van der Waals surface area (Å²) in [6, 6.07) is 6.28. The fourth-order valence-corrected chi connectivity index (χ4v) is 1.87. The van der Waals surface area contributed by atoms with E-state index in [1.165, 1.54) is 4.90 Å². The maximum atomic E-state index is 5.81. The van der Waals surface area contributed by atoms with Crippen molar-refractivity contribution in [3.05, 3.63) is 23.8 Å². The van der Waals surface area contributed by atoms with Crippen molar-refractivity contribution in [3.63, 3.8) is 0 Å². The summed E-state index contributed by atoms with van der Waals surface area (Å²) in [6.07, 6.45) is 0. The lowest BCUT2D eigenvalue weighted by molar-refractivity contribution is 0.750. The molecule has 1 aromatic rings. The van der Waals surface area contributed by atoms with E-state index in [4.69, 9.17) is 5.73 Å². The molecule has 0 aliphatic rings. The molecule has 0 radical (unpaired) electrons. The van der Waals surface area contributed by atoms with E-state index in [2.05, 4.69) is 32.0 Å². The number of hydrogen-bond donors (Lipinski definition) is 1. The van der Waals surface area contributed by atoms with Gasteiger partial charge in [0.15, 0.2) is 0 Å². The third-order valence-electron chi connectivity index (χ3n) is 1.83. The van der Waals surface area contributed by atoms with Crippen molar-refractivity contribution in [2.45, 2.75) is 25.7 Å². The average Bonchev–Trinajstić information content (AvgIpc) is 2.07. The van der Waals surface area contributed by atoms with Gasteiger partial charge in [0.25, 0.3) is 0 Å². The number of anilines is 1. The molecule has 0 saturated carbocycles. The summed E-state index contributed by atoms with van der Waals surface area (Å²) < 4.78 is 0. The Bertz CT molecular complexity index is 281. The van der Waals surface area contributed by atoms with Gasteiger partial charge in [0, 0.05) is 16.3 Å². The Morgan fingerprint density at radius 3 is 2.62 bits per heavy atom. The van der Waals surface area contributed by atoms with Gasteiger partial charge in [-0.15, -0.1) is 11.8 Å². The smallest absolute Gasteiger partial charge is 0.0354 e. The van der Waals surface area contributed by atoms with Gasteiger partial charge in [-0.3, -0.25) is 0 Å². The van der Waals surface area contributed by atoms with Crippen LogP contribution in [-0.4, -0.2) is 5.75 Å². The zero-order valence-electron chi connectivity index (χ0n) is 8.50. The highest BCUT2D eigenvalue weighted by atomic mass is 32.2. The highest BCUT2D eigenvalue weighted by Crippen LogP contribution is 2.24. The lowest BCUT2D eigenvalue weighted by Gasteiger charge is -2.06. The fraction of sp³-hybridized carbons (Fsp3) is 0.455. The average molecular weight is 195 g/mol. The van der Waals surface area contributed by atoms with Crippen molar-refractivity contribution >= 4 is 17.4 Å². The predicted octanol–water partition coefficient (Wildman–Crippen LogP) is 3.33. The summed E-state index contributed by atoms with van der Waals surface area (Å²) in [4.78, 5) is 1.27. The van der Waals surface area contributed by atoms with Crippen LogP contribution in [0.4, 0.5) is 5.69 Å². The molecule has 0 bridgehead atoms. The molecule has 0 aliphatic carbocycles. The van der Waals surface area contributed by atoms with E-state index in [0.29, 0.717) is 0 Å². The quantitative estimate of drug-likeness (QED) is 0.591. The molecule has 0 heterocycles. The zero-order valence-corrected chi connectivity index (χ0v) is 9.32. The summed E-state index contributed by atoms with van der Waals surface area (Å²) >= 11 is 1.87. The van der Waals surface area contributed by atoms with Crippen LogP contribution in [-0.2, 0) is 0 Å². The molecule has 0 aromatic heterocycles. The van der Waals surface area contributed by atoms with Gasteiger partial charge in [-0.2, -0.15) is 0 Å². The van der Waals surface area contributed by atoms with Gasteiger partial charge in [0.2, 0.25) is 0 Å². The number of nitrogens with two attached hydrogens (primary N) is 1. The molecular formula is C11H17NS. The standard InChI is InChI=1S/C11H17NS/c1-8(2)7-13-10-5-4-9(3)11(12)6-10/h4-6,8H,7,12H2,1-3H3. The van der Waals surface area contributed by atoms with Crippen molar-refractivity contribution in [1.29, 1.82) is 0 Å². The Kier molecular flexibility index (Phi) is 3.67. The van der Waals surface area contributed by atoms with Gasteiger partial charge in [0.05, 0.1) is 0 Å². The van der Waals surface area contributed by atoms with Crippen LogP contribution in [0.1, 0.15) is 19.4 Å². The molecule has 0 aliphatic heterocycles.